The molecule has 0 aliphatic carbocycles. The summed E-state index contributed by atoms with van der Waals surface area (Å²) in [5, 5.41) is 8.54. The quantitative estimate of drug-likeness (QED) is 0.312. The predicted molar refractivity (Wildman–Crippen MR) is 131 cm³/mol. The Hall–Kier alpha value is -3.90. The van der Waals surface area contributed by atoms with E-state index < -0.39 is 6.36 Å². The molecule has 1 aliphatic heterocycles. The number of ether oxygens (including phenoxy) is 3. The Kier molecular flexibility index (Phi) is 7.61. The van der Waals surface area contributed by atoms with Gasteiger partial charge in [0.2, 0.25) is 5.82 Å². The van der Waals surface area contributed by atoms with Crippen LogP contribution < -0.4 is 9.47 Å². The van der Waals surface area contributed by atoms with Gasteiger partial charge < -0.3 is 18.7 Å². The molecule has 0 N–H and O–H groups in total. The highest BCUT2D eigenvalue weighted by molar-refractivity contribution is 5.59. The van der Waals surface area contributed by atoms with Gasteiger partial charge in [0.15, 0.2) is 5.69 Å². The van der Waals surface area contributed by atoms with Crippen molar-refractivity contribution >= 4 is 0 Å². The SMILES string of the molecule is Cc1cc(-c2nc(-c3ccc(OC(F)(F)F)cc3)no2)nn1Cc1cccc(OCCN2CCOCC2)c1. The van der Waals surface area contributed by atoms with E-state index in [-0.39, 0.29) is 17.5 Å². The van der Waals surface area contributed by atoms with E-state index in [1.54, 1.807) is 0 Å². The van der Waals surface area contributed by atoms with Crippen LogP contribution in [-0.2, 0) is 11.3 Å². The summed E-state index contributed by atoms with van der Waals surface area (Å²) in [6.07, 6.45) is -4.76. The van der Waals surface area contributed by atoms with E-state index in [0.717, 1.165) is 49.9 Å². The van der Waals surface area contributed by atoms with Crippen LogP contribution >= 0.6 is 0 Å². The lowest BCUT2D eigenvalue weighted by molar-refractivity contribution is -0.274. The van der Waals surface area contributed by atoms with Crippen LogP contribution in [0.15, 0.2) is 59.1 Å². The summed E-state index contributed by atoms with van der Waals surface area (Å²) < 4.78 is 59.6. The van der Waals surface area contributed by atoms with Crippen LogP contribution in [-0.4, -0.2) is 70.6 Å². The summed E-state index contributed by atoms with van der Waals surface area (Å²) in [6.45, 7) is 7.28. The van der Waals surface area contributed by atoms with Crippen molar-refractivity contribution in [2.24, 2.45) is 0 Å². The van der Waals surface area contributed by atoms with Crippen molar-refractivity contribution in [3.63, 3.8) is 0 Å². The number of aryl methyl sites for hydroxylation is 1. The van der Waals surface area contributed by atoms with Crippen LogP contribution in [0.4, 0.5) is 13.2 Å². The second-order valence-corrected chi connectivity index (χ2v) is 8.77. The molecular weight excluding hydrogens is 503 g/mol. The number of hydrogen-bond donors (Lipinski definition) is 0. The van der Waals surface area contributed by atoms with E-state index in [9.17, 15) is 13.2 Å². The van der Waals surface area contributed by atoms with Gasteiger partial charge >= 0.3 is 6.36 Å². The van der Waals surface area contributed by atoms with Gasteiger partial charge in [-0.3, -0.25) is 9.58 Å². The van der Waals surface area contributed by atoms with Crippen molar-refractivity contribution in [2.75, 3.05) is 39.5 Å². The van der Waals surface area contributed by atoms with Crippen LogP contribution in [0.1, 0.15) is 11.3 Å². The van der Waals surface area contributed by atoms with Crippen LogP contribution in [0.5, 0.6) is 11.5 Å². The summed E-state index contributed by atoms with van der Waals surface area (Å²) in [6, 6.07) is 15.0. The molecule has 1 saturated heterocycles. The van der Waals surface area contributed by atoms with Crippen molar-refractivity contribution in [2.45, 2.75) is 19.8 Å². The standard InChI is InChI=1S/C26H26F3N5O4/c1-18-15-23(25-30-24(32-38-25)20-5-7-21(8-6-20)37-26(27,28)29)31-34(18)17-19-3-2-4-22(16-19)36-14-11-33-9-12-35-13-10-33/h2-8,15-16H,9-14,17H2,1H3. The first kappa shape index (κ1) is 25.7. The number of rotatable bonds is 9. The van der Waals surface area contributed by atoms with E-state index in [0.29, 0.717) is 24.4 Å². The molecule has 5 rings (SSSR count). The second-order valence-electron chi connectivity index (χ2n) is 8.77. The monoisotopic (exact) mass is 529 g/mol. The summed E-state index contributed by atoms with van der Waals surface area (Å²) in [5.74, 6) is 0.908. The van der Waals surface area contributed by atoms with Gasteiger partial charge in [-0.05, 0) is 55.0 Å². The lowest BCUT2D eigenvalue weighted by Crippen LogP contribution is -2.38. The molecule has 4 aromatic rings. The molecule has 200 valence electrons. The normalized spacial score (nSPS) is 14.5. The fourth-order valence-electron chi connectivity index (χ4n) is 4.05. The van der Waals surface area contributed by atoms with Crippen molar-refractivity contribution in [1.29, 1.82) is 0 Å². The van der Waals surface area contributed by atoms with Gasteiger partial charge in [-0.25, -0.2) is 0 Å². The van der Waals surface area contributed by atoms with E-state index in [2.05, 4.69) is 24.9 Å². The van der Waals surface area contributed by atoms with Gasteiger partial charge in [0.1, 0.15) is 18.1 Å². The highest BCUT2D eigenvalue weighted by Crippen LogP contribution is 2.27. The largest absolute Gasteiger partial charge is 0.573 e. The van der Waals surface area contributed by atoms with Crippen LogP contribution in [0.25, 0.3) is 23.0 Å². The average molecular weight is 530 g/mol. The molecule has 9 nitrogen and oxygen atoms in total. The Morgan fingerprint density at radius 1 is 1.00 bits per heavy atom. The maximum atomic E-state index is 12.4. The number of benzene rings is 2. The Morgan fingerprint density at radius 2 is 1.79 bits per heavy atom. The second kappa shape index (κ2) is 11.2. The fourth-order valence-corrected chi connectivity index (χ4v) is 4.05. The fraction of sp³-hybridized carbons (Fsp3) is 0.346. The lowest BCUT2D eigenvalue weighted by atomic mass is 10.2. The number of morpholine rings is 1. The van der Waals surface area contributed by atoms with Crippen molar-refractivity contribution in [1.82, 2.24) is 24.8 Å². The summed E-state index contributed by atoms with van der Waals surface area (Å²) in [4.78, 5) is 6.68. The molecule has 38 heavy (non-hydrogen) atoms. The molecule has 2 aromatic carbocycles. The Labute approximate surface area is 216 Å². The lowest BCUT2D eigenvalue weighted by Gasteiger charge is -2.26. The number of aromatic nitrogens is 4. The van der Waals surface area contributed by atoms with Crippen LogP contribution in [0.2, 0.25) is 0 Å². The minimum Gasteiger partial charge on any atom is -0.492 e. The molecule has 0 bridgehead atoms. The third kappa shape index (κ3) is 6.69. The molecular formula is C26H26F3N5O4. The van der Waals surface area contributed by atoms with Crippen molar-refractivity contribution in [3.8, 4) is 34.5 Å². The summed E-state index contributed by atoms with van der Waals surface area (Å²) in [5.41, 5.74) is 2.90. The zero-order chi connectivity index (χ0) is 26.5. The Morgan fingerprint density at radius 3 is 2.55 bits per heavy atom. The number of nitrogens with zero attached hydrogens (tertiary/aromatic N) is 5. The number of halogens is 3. The predicted octanol–water partition coefficient (Wildman–Crippen LogP) is 4.57. The molecule has 12 heteroatoms. The van der Waals surface area contributed by atoms with Crippen LogP contribution in [0, 0.1) is 6.92 Å². The zero-order valence-corrected chi connectivity index (χ0v) is 20.6. The summed E-state index contributed by atoms with van der Waals surface area (Å²) >= 11 is 0. The average Bonchev–Trinajstić information content (AvgIpc) is 3.52. The maximum Gasteiger partial charge on any atom is 0.573 e. The van der Waals surface area contributed by atoms with E-state index in [1.807, 2.05) is 41.9 Å². The van der Waals surface area contributed by atoms with Gasteiger partial charge in [0.05, 0.1) is 19.8 Å². The van der Waals surface area contributed by atoms with Gasteiger partial charge in [-0.2, -0.15) is 10.1 Å². The maximum absolute atomic E-state index is 12.4. The molecule has 2 aromatic heterocycles. The number of alkyl halides is 3. The minimum atomic E-state index is -4.76. The van der Waals surface area contributed by atoms with Gasteiger partial charge in [-0.15, -0.1) is 13.2 Å². The Balaban J connectivity index is 1.21. The molecule has 0 saturated carbocycles. The van der Waals surface area contributed by atoms with Gasteiger partial charge in [0.25, 0.3) is 5.89 Å². The molecule has 0 atom stereocenters. The first-order valence-corrected chi connectivity index (χ1v) is 12.1. The van der Waals surface area contributed by atoms with Crippen LogP contribution in [0.3, 0.4) is 0 Å². The van der Waals surface area contributed by atoms with E-state index in [4.69, 9.17) is 14.0 Å². The molecule has 0 unspecified atom stereocenters. The molecule has 0 amide bonds. The molecule has 0 spiro atoms. The Bertz CT molecular complexity index is 1350. The zero-order valence-electron chi connectivity index (χ0n) is 20.6. The summed E-state index contributed by atoms with van der Waals surface area (Å²) in [7, 11) is 0. The minimum absolute atomic E-state index is 0.206. The van der Waals surface area contributed by atoms with E-state index in [1.165, 1.54) is 24.3 Å². The van der Waals surface area contributed by atoms with Gasteiger partial charge in [0, 0.05) is 30.9 Å². The molecule has 0 radical (unpaired) electrons. The van der Waals surface area contributed by atoms with Crippen molar-refractivity contribution in [3.05, 3.63) is 65.9 Å². The molecule has 1 fully saturated rings. The third-order valence-corrected chi connectivity index (χ3v) is 5.98. The number of hydrogen-bond acceptors (Lipinski definition) is 8. The topological polar surface area (TPSA) is 87.7 Å². The molecule has 3 heterocycles. The highest BCUT2D eigenvalue weighted by atomic mass is 19.4. The highest BCUT2D eigenvalue weighted by Gasteiger charge is 2.31. The molecule has 1 aliphatic rings. The van der Waals surface area contributed by atoms with E-state index >= 15 is 0 Å². The first-order chi connectivity index (χ1) is 18.3. The third-order valence-electron chi connectivity index (χ3n) is 5.98. The first-order valence-electron chi connectivity index (χ1n) is 12.1. The van der Waals surface area contributed by atoms with Gasteiger partial charge in [-0.1, -0.05) is 17.3 Å². The smallest absolute Gasteiger partial charge is 0.492 e. The van der Waals surface area contributed by atoms with Crippen molar-refractivity contribution < 1.29 is 31.9 Å².